The third-order valence-corrected chi connectivity index (χ3v) is 7.77. The monoisotopic (exact) mass is 555 g/mol. The molecule has 0 saturated carbocycles. The molecule has 0 bridgehead atoms. The van der Waals surface area contributed by atoms with Crippen LogP contribution in [0, 0.1) is 23.7 Å². The topological polar surface area (TPSA) is 101 Å². The number of rotatable bonds is 19. The lowest BCUT2D eigenvalue weighted by Gasteiger charge is -2.34. The van der Waals surface area contributed by atoms with E-state index in [-0.39, 0.29) is 53.9 Å². The van der Waals surface area contributed by atoms with Crippen molar-refractivity contribution in [3.63, 3.8) is 0 Å². The summed E-state index contributed by atoms with van der Waals surface area (Å²) in [5.41, 5.74) is 0. The molecule has 1 amide bonds. The molecule has 1 aliphatic heterocycles. The Kier molecular flexibility index (Phi) is 16.5. The minimum absolute atomic E-state index is 0.0273. The summed E-state index contributed by atoms with van der Waals surface area (Å²) in [5.74, 6) is -0.387. The fraction of sp³-hybridized carbons (Fsp3) is 0.833. The van der Waals surface area contributed by atoms with Crippen LogP contribution in [0.2, 0.25) is 0 Å². The molecule has 0 N–H and O–H groups in total. The fourth-order valence-electron chi connectivity index (χ4n) is 5.07. The first-order valence-corrected chi connectivity index (χ1v) is 14.4. The number of amides is 1. The van der Waals surface area contributed by atoms with Gasteiger partial charge in [0.1, 0.15) is 12.2 Å². The molecular weight excluding hydrogens is 502 g/mol. The van der Waals surface area contributed by atoms with E-state index in [1.165, 1.54) is 4.90 Å². The van der Waals surface area contributed by atoms with Crippen LogP contribution in [0.1, 0.15) is 80.1 Å². The molecule has 0 radical (unpaired) electrons. The first-order chi connectivity index (χ1) is 18.5. The zero-order valence-electron chi connectivity index (χ0n) is 25.6. The van der Waals surface area contributed by atoms with E-state index >= 15 is 0 Å². The number of esters is 2. The molecule has 39 heavy (non-hydrogen) atoms. The Hall–Kier alpha value is -1.97. The van der Waals surface area contributed by atoms with E-state index in [1.807, 2.05) is 33.8 Å². The van der Waals surface area contributed by atoms with E-state index in [0.29, 0.717) is 32.3 Å². The Morgan fingerprint density at radius 3 is 2.21 bits per heavy atom. The molecule has 0 aliphatic carbocycles. The molecule has 0 unspecified atom stereocenters. The molecule has 1 aliphatic rings. The summed E-state index contributed by atoms with van der Waals surface area (Å²) < 4.78 is 29.1. The summed E-state index contributed by atoms with van der Waals surface area (Å²) in [6.07, 6.45) is 6.67. The molecule has 226 valence electrons. The van der Waals surface area contributed by atoms with Crippen LogP contribution in [-0.4, -0.2) is 81.6 Å². The molecular formula is C30H53NO8. The average Bonchev–Trinajstić information content (AvgIpc) is 3.46. The second kappa shape index (κ2) is 18.4. The van der Waals surface area contributed by atoms with Crippen molar-refractivity contribution in [3.05, 3.63) is 12.3 Å². The van der Waals surface area contributed by atoms with E-state index in [0.717, 1.165) is 19.3 Å². The molecule has 0 aromatic rings. The van der Waals surface area contributed by atoms with Gasteiger partial charge in [0.25, 0.3) is 0 Å². The van der Waals surface area contributed by atoms with Crippen LogP contribution in [0.3, 0.4) is 0 Å². The van der Waals surface area contributed by atoms with Gasteiger partial charge >= 0.3 is 11.9 Å². The Bertz CT molecular complexity index is 751. The van der Waals surface area contributed by atoms with Gasteiger partial charge in [0.2, 0.25) is 6.41 Å². The maximum atomic E-state index is 13.0. The second-order valence-electron chi connectivity index (χ2n) is 11.2. The second-order valence-corrected chi connectivity index (χ2v) is 11.2. The van der Waals surface area contributed by atoms with Crippen LogP contribution in [0.15, 0.2) is 12.3 Å². The van der Waals surface area contributed by atoms with Crippen molar-refractivity contribution in [2.24, 2.45) is 23.7 Å². The van der Waals surface area contributed by atoms with Gasteiger partial charge < -0.3 is 28.6 Å². The van der Waals surface area contributed by atoms with Gasteiger partial charge in [-0.1, -0.05) is 47.6 Å². The first kappa shape index (κ1) is 35.1. The molecule has 1 rings (SSSR count). The quantitative estimate of drug-likeness (QED) is 0.166. The van der Waals surface area contributed by atoms with Crippen LogP contribution in [-0.2, 0) is 38.1 Å². The van der Waals surface area contributed by atoms with Crippen molar-refractivity contribution in [3.8, 4) is 0 Å². The van der Waals surface area contributed by atoms with E-state index in [2.05, 4.69) is 6.92 Å². The fourth-order valence-corrected chi connectivity index (χ4v) is 5.07. The Labute approximate surface area is 235 Å². The van der Waals surface area contributed by atoms with Gasteiger partial charge in [-0.25, -0.2) is 4.79 Å². The van der Waals surface area contributed by atoms with E-state index < -0.39 is 12.2 Å². The molecule has 1 saturated heterocycles. The van der Waals surface area contributed by atoms with E-state index in [9.17, 15) is 14.4 Å². The molecule has 9 heteroatoms. The largest absolute Gasteiger partial charge is 0.462 e. The predicted octanol–water partition coefficient (Wildman–Crippen LogP) is 4.77. The third-order valence-electron chi connectivity index (χ3n) is 7.77. The maximum Gasteiger partial charge on any atom is 0.335 e. The Balaban J connectivity index is 3.02. The van der Waals surface area contributed by atoms with Crippen molar-refractivity contribution < 1.29 is 38.1 Å². The standard InChI is InChI=1S/C30H53NO8/c1-10-28(33)38-26(20(2)3)18-27(35-8)21(4)13-14-24(39-30(34)25-12-11-17-37-25)23(6)29(36-9)22(5)15-16-31(7)19-32/h15-16,19-27,29H,10-14,17-18H2,1-9H3/b16-15+/t21-,22+,23-,24+,25+,26-,27-,29+/m0/s1. The SMILES string of the molecule is CCC(=O)O[C@@H](C[C@H](OC)[C@@H](C)CC[C@@H](OC(=O)[C@H]1CCCO1)[C@H](C)[C@H](OC)[C@H](C)/C=C/N(C)C=O)C(C)C. The predicted molar refractivity (Wildman–Crippen MR) is 150 cm³/mol. The van der Waals surface area contributed by atoms with E-state index in [1.54, 1.807) is 34.4 Å². The molecule has 0 aromatic heterocycles. The number of hydrogen-bond acceptors (Lipinski definition) is 8. The summed E-state index contributed by atoms with van der Waals surface area (Å²) in [6, 6.07) is 0. The van der Waals surface area contributed by atoms with Gasteiger partial charge in [-0.3, -0.25) is 9.59 Å². The number of ether oxygens (including phenoxy) is 5. The number of nitrogens with zero attached hydrogens (tertiary/aromatic N) is 1. The van der Waals surface area contributed by atoms with Crippen molar-refractivity contribution in [2.75, 3.05) is 27.9 Å². The van der Waals surface area contributed by atoms with Crippen molar-refractivity contribution in [2.45, 2.75) is 111 Å². The lowest BCUT2D eigenvalue weighted by molar-refractivity contribution is -0.166. The van der Waals surface area contributed by atoms with Crippen LogP contribution < -0.4 is 0 Å². The van der Waals surface area contributed by atoms with Gasteiger partial charge in [-0.05, 0) is 37.5 Å². The zero-order valence-corrected chi connectivity index (χ0v) is 25.6. The number of hydrogen-bond donors (Lipinski definition) is 0. The van der Waals surface area contributed by atoms with Gasteiger partial charge in [-0.2, -0.15) is 0 Å². The summed E-state index contributed by atoms with van der Waals surface area (Å²) in [5, 5.41) is 0. The molecule has 0 spiro atoms. The van der Waals surface area contributed by atoms with Crippen LogP contribution in [0.5, 0.6) is 0 Å². The normalized spacial score (nSPS) is 21.1. The summed E-state index contributed by atoms with van der Waals surface area (Å²) in [4.78, 5) is 37.3. The van der Waals surface area contributed by atoms with Crippen molar-refractivity contribution in [1.29, 1.82) is 0 Å². The number of carbonyl (C=O) groups is 3. The first-order valence-electron chi connectivity index (χ1n) is 14.4. The summed E-state index contributed by atoms with van der Waals surface area (Å²) >= 11 is 0. The minimum Gasteiger partial charge on any atom is -0.462 e. The highest BCUT2D eigenvalue weighted by atomic mass is 16.6. The van der Waals surface area contributed by atoms with Gasteiger partial charge in [0.15, 0.2) is 6.10 Å². The highest BCUT2D eigenvalue weighted by Crippen LogP contribution is 2.30. The van der Waals surface area contributed by atoms with Crippen molar-refractivity contribution in [1.82, 2.24) is 4.90 Å². The van der Waals surface area contributed by atoms with E-state index in [4.69, 9.17) is 23.7 Å². The maximum absolute atomic E-state index is 13.0. The Morgan fingerprint density at radius 2 is 1.69 bits per heavy atom. The molecule has 1 heterocycles. The summed E-state index contributed by atoms with van der Waals surface area (Å²) in [6.45, 7) is 12.6. The minimum atomic E-state index is -0.525. The van der Waals surface area contributed by atoms with Crippen LogP contribution >= 0.6 is 0 Å². The van der Waals surface area contributed by atoms with Gasteiger partial charge in [0.05, 0.1) is 12.2 Å². The highest BCUT2D eigenvalue weighted by Gasteiger charge is 2.35. The lowest BCUT2D eigenvalue weighted by atomic mass is 9.84. The van der Waals surface area contributed by atoms with Crippen molar-refractivity contribution >= 4 is 18.3 Å². The Morgan fingerprint density at radius 1 is 1.00 bits per heavy atom. The average molecular weight is 556 g/mol. The smallest absolute Gasteiger partial charge is 0.335 e. The highest BCUT2D eigenvalue weighted by molar-refractivity contribution is 5.75. The molecule has 9 nitrogen and oxygen atoms in total. The van der Waals surface area contributed by atoms with Crippen LogP contribution in [0.25, 0.3) is 0 Å². The lowest BCUT2D eigenvalue weighted by Crippen LogP contribution is -2.40. The molecule has 0 aromatic carbocycles. The zero-order chi connectivity index (χ0) is 29.5. The van der Waals surface area contributed by atoms with Crippen LogP contribution in [0.4, 0.5) is 0 Å². The molecule has 8 atom stereocenters. The number of methoxy groups -OCH3 is 2. The third kappa shape index (κ3) is 12.0. The number of carbonyl (C=O) groups excluding carboxylic acids is 3. The van der Waals surface area contributed by atoms with Gasteiger partial charge in [-0.15, -0.1) is 0 Å². The summed E-state index contributed by atoms with van der Waals surface area (Å²) in [7, 11) is 5.01. The van der Waals surface area contributed by atoms with Gasteiger partial charge in [0, 0.05) is 58.8 Å². The molecule has 1 fully saturated rings.